The molecule has 0 bridgehead atoms. The molecule has 0 radical (unpaired) electrons. The third-order valence-electron chi connectivity index (χ3n) is 2.90. The summed E-state index contributed by atoms with van der Waals surface area (Å²) in [5, 5.41) is 10.3. The van der Waals surface area contributed by atoms with Gasteiger partial charge in [0, 0.05) is 29.4 Å². The molecule has 0 aliphatic carbocycles. The second-order valence-corrected chi connectivity index (χ2v) is 5.20. The van der Waals surface area contributed by atoms with Crippen molar-refractivity contribution in [3.8, 4) is 0 Å². The molecule has 1 amide bonds. The van der Waals surface area contributed by atoms with Crippen LogP contribution in [0.5, 0.6) is 0 Å². The Kier molecular flexibility index (Phi) is 4.15. The summed E-state index contributed by atoms with van der Waals surface area (Å²) in [4.78, 5) is 25.2. The topological polar surface area (TPSA) is 57.6 Å². The van der Waals surface area contributed by atoms with Crippen molar-refractivity contribution in [2.75, 3.05) is 13.1 Å². The number of thiophene rings is 1. The van der Waals surface area contributed by atoms with Gasteiger partial charge >= 0.3 is 5.97 Å². The Hall–Kier alpha value is -1.62. The quantitative estimate of drug-likeness (QED) is 0.854. The van der Waals surface area contributed by atoms with Gasteiger partial charge in [0.2, 0.25) is 0 Å². The van der Waals surface area contributed by atoms with Crippen LogP contribution in [0.2, 0.25) is 0 Å². The van der Waals surface area contributed by atoms with Crippen molar-refractivity contribution in [2.45, 2.75) is 19.3 Å². The number of aliphatic carboxylic acids is 1. The zero-order valence-corrected chi connectivity index (χ0v) is 10.8. The molecule has 0 unspecified atom stereocenters. The van der Waals surface area contributed by atoms with Gasteiger partial charge < -0.3 is 10.0 Å². The summed E-state index contributed by atoms with van der Waals surface area (Å²) in [6.07, 6.45) is 5.93. The van der Waals surface area contributed by atoms with Gasteiger partial charge in [-0.1, -0.05) is 0 Å². The van der Waals surface area contributed by atoms with E-state index in [1.54, 1.807) is 11.4 Å². The first-order valence-electron chi connectivity index (χ1n) is 5.95. The van der Waals surface area contributed by atoms with E-state index in [2.05, 4.69) is 0 Å². The molecule has 0 atom stereocenters. The van der Waals surface area contributed by atoms with Crippen LogP contribution in [-0.2, 0) is 4.79 Å². The molecule has 0 aromatic carbocycles. The van der Waals surface area contributed by atoms with E-state index >= 15 is 0 Å². The standard InChI is InChI=1S/C13H15NO3S/c15-12(16)5-4-11-8-10(9-18-11)13(17)14-6-2-1-3-7-14/h4-5,8-9H,1-3,6-7H2,(H,15,16). The molecule has 18 heavy (non-hydrogen) atoms. The molecule has 1 N–H and O–H groups in total. The number of amides is 1. The predicted octanol–water partition coefficient (Wildman–Crippen LogP) is 2.47. The van der Waals surface area contributed by atoms with E-state index in [1.165, 1.54) is 23.8 Å². The summed E-state index contributed by atoms with van der Waals surface area (Å²) in [5.74, 6) is -0.923. The zero-order valence-electron chi connectivity index (χ0n) is 9.96. The molecule has 2 rings (SSSR count). The first-order valence-corrected chi connectivity index (χ1v) is 6.83. The van der Waals surface area contributed by atoms with E-state index in [9.17, 15) is 9.59 Å². The Morgan fingerprint density at radius 3 is 2.67 bits per heavy atom. The van der Waals surface area contributed by atoms with Crippen LogP contribution in [0.4, 0.5) is 0 Å². The Morgan fingerprint density at radius 2 is 2.00 bits per heavy atom. The molecule has 1 aliphatic rings. The predicted molar refractivity (Wildman–Crippen MR) is 70.7 cm³/mol. The molecule has 1 fully saturated rings. The number of carboxylic acid groups (broad SMARTS) is 1. The lowest BCUT2D eigenvalue weighted by Gasteiger charge is -2.26. The smallest absolute Gasteiger partial charge is 0.328 e. The van der Waals surface area contributed by atoms with Crippen molar-refractivity contribution in [2.24, 2.45) is 0 Å². The van der Waals surface area contributed by atoms with Gasteiger partial charge in [0.1, 0.15) is 0 Å². The van der Waals surface area contributed by atoms with Crippen molar-refractivity contribution >= 4 is 29.3 Å². The second-order valence-electron chi connectivity index (χ2n) is 4.26. The number of carbonyl (C=O) groups excluding carboxylic acids is 1. The van der Waals surface area contributed by atoms with Crippen LogP contribution in [0, 0.1) is 0 Å². The van der Waals surface area contributed by atoms with Crippen molar-refractivity contribution in [3.05, 3.63) is 28.0 Å². The Labute approximate surface area is 110 Å². The molecule has 1 aliphatic heterocycles. The van der Waals surface area contributed by atoms with Crippen molar-refractivity contribution in [1.29, 1.82) is 0 Å². The van der Waals surface area contributed by atoms with Gasteiger partial charge in [-0.2, -0.15) is 0 Å². The summed E-state index contributed by atoms with van der Waals surface area (Å²) in [5.41, 5.74) is 0.659. The molecule has 1 aromatic heterocycles. The Balaban J connectivity index is 2.04. The SMILES string of the molecule is O=C(O)C=Cc1cc(C(=O)N2CCCCC2)cs1. The summed E-state index contributed by atoms with van der Waals surface area (Å²) >= 11 is 1.39. The van der Waals surface area contributed by atoms with E-state index < -0.39 is 5.97 Å². The average molecular weight is 265 g/mol. The molecule has 0 spiro atoms. The maximum absolute atomic E-state index is 12.1. The van der Waals surface area contributed by atoms with Crippen LogP contribution in [-0.4, -0.2) is 35.0 Å². The van der Waals surface area contributed by atoms with Crippen LogP contribution in [0.25, 0.3) is 6.08 Å². The second kappa shape index (κ2) is 5.82. The molecular formula is C13H15NO3S. The molecule has 5 heteroatoms. The molecular weight excluding hydrogens is 250 g/mol. The fraction of sp³-hybridized carbons (Fsp3) is 0.385. The van der Waals surface area contributed by atoms with Crippen LogP contribution in [0.3, 0.4) is 0 Å². The first kappa shape index (κ1) is 12.8. The molecule has 1 aromatic rings. The van der Waals surface area contributed by atoms with Gasteiger partial charge in [-0.15, -0.1) is 11.3 Å². The number of rotatable bonds is 3. The van der Waals surface area contributed by atoms with E-state index in [-0.39, 0.29) is 5.91 Å². The third-order valence-corrected chi connectivity index (χ3v) is 3.80. The number of nitrogens with zero attached hydrogens (tertiary/aromatic N) is 1. The zero-order chi connectivity index (χ0) is 13.0. The highest BCUT2D eigenvalue weighted by Gasteiger charge is 2.18. The van der Waals surface area contributed by atoms with Gasteiger partial charge in [0.05, 0.1) is 5.56 Å². The normalized spacial score (nSPS) is 16.1. The number of hydrogen-bond acceptors (Lipinski definition) is 3. The summed E-state index contributed by atoms with van der Waals surface area (Å²) < 4.78 is 0. The molecule has 0 saturated carbocycles. The maximum Gasteiger partial charge on any atom is 0.328 e. The average Bonchev–Trinajstić information content (AvgIpc) is 2.85. The lowest BCUT2D eigenvalue weighted by atomic mass is 10.1. The van der Waals surface area contributed by atoms with E-state index in [1.807, 2.05) is 4.90 Å². The minimum atomic E-state index is -0.979. The highest BCUT2D eigenvalue weighted by Crippen LogP contribution is 2.19. The van der Waals surface area contributed by atoms with Gasteiger partial charge in [-0.25, -0.2) is 4.79 Å². The van der Waals surface area contributed by atoms with Crippen LogP contribution in [0.15, 0.2) is 17.5 Å². The van der Waals surface area contributed by atoms with Gasteiger partial charge in [-0.05, 0) is 31.4 Å². The van der Waals surface area contributed by atoms with Crippen molar-refractivity contribution in [1.82, 2.24) is 4.90 Å². The lowest BCUT2D eigenvalue weighted by Crippen LogP contribution is -2.35. The van der Waals surface area contributed by atoms with Gasteiger partial charge in [0.15, 0.2) is 0 Å². The monoisotopic (exact) mass is 265 g/mol. The molecule has 1 saturated heterocycles. The first-order chi connectivity index (χ1) is 8.66. The molecule has 96 valence electrons. The number of hydrogen-bond donors (Lipinski definition) is 1. The number of carboxylic acids is 1. The summed E-state index contributed by atoms with van der Waals surface area (Å²) in [6.45, 7) is 1.66. The van der Waals surface area contributed by atoms with Crippen LogP contribution < -0.4 is 0 Å². The third kappa shape index (κ3) is 3.20. The van der Waals surface area contributed by atoms with Crippen LogP contribution in [0.1, 0.15) is 34.5 Å². The van der Waals surface area contributed by atoms with Crippen LogP contribution >= 0.6 is 11.3 Å². The molecule has 4 nitrogen and oxygen atoms in total. The van der Waals surface area contributed by atoms with Gasteiger partial charge in [-0.3, -0.25) is 4.79 Å². The number of carbonyl (C=O) groups is 2. The van der Waals surface area contributed by atoms with Gasteiger partial charge in [0.25, 0.3) is 5.91 Å². The minimum absolute atomic E-state index is 0.0564. The summed E-state index contributed by atoms with van der Waals surface area (Å²) in [7, 11) is 0. The Morgan fingerprint density at radius 1 is 1.28 bits per heavy atom. The lowest BCUT2D eigenvalue weighted by molar-refractivity contribution is -0.131. The number of likely N-dealkylation sites (tertiary alicyclic amines) is 1. The largest absolute Gasteiger partial charge is 0.478 e. The number of piperidine rings is 1. The minimum Gasteiger partial charge on any atom is -0.478 e. The molecule has 2 heterocycles. The fourth-order valence-electron chi connectivity index (χ4n) is 1.99. The van der Waals surface area contributed by atoms with E-state index in [4.69, 9.17) is 5.11 Å². The van der Waals surface area contributed by atoms with Crippen molar-refractivity contribution in [3.63, 3.8) is 0 Å². The summed E-state index contributed by atoms with van der Waals surface area (Å²) in [6, 6.07) is 1.75. The maximum atomic E-state index is 12.1. The highest BCUT2D eigenvalue weighted by molar-refractivity contribution is 7.11. The fourth-order valence-corrected chi connectivity index (χ4v) is 2.76. The highest BCUT2D eigenvalue weighted by atomic mass is 32.1. The van der Waals surface area contributed by atoms with E-state index in [0.29, 0.717) is 5.56 Å². The van der Waals surface area contributed by atoms with Crippen molar-refractivity contribution < 1.29 is 14.7 Å². The Bertz CT molecular complexity index is 472. The van der Waals surface area contributed by atoms with E-state index in [0.717, 1.165) is 36.9 Å².